The molecule has 110 valence electrons. The average molecular weight is 298 g/mol. The van der Waals surface area contributed by atoms with Crippen molar-refractivity contribution in [3.8, 4) is 5.75 Å². The molecule has 0 spiro atoms. The second-order valence-electron chi connectivity index (χ2n) is 4.67. The van der Waals surface area contributed by atoms with Crippen molar-refractivity contribution in [2.75, 3.05) is 20.3 Å². The first-order valence-corrected chi connectivity index (χ1v) is 7.04. The Hall–Kier alpha value is -1.46. The van der Waals surface area contributed by atoms with Gasteiger partial charge in [0.15, 0.2) is 5.96 Å². The Balaban J connectivity index is 1.88. The highest BCUT2D eigenvalue weighted by atomic mass is 35.5. The number of guanidine groups is 1. The summed E-state index contributed by atoms with van der Waals surface area (Å²) in [5.41, 5.74) is 6.74. The summed E-state index contributed by atoms with van der Waals surface area (Å²) in [6.07, 6.45) is 2.43. The lowest BCUT2D eigenvalue weighted by Crippen LogP contribution is -2.37. The number of nitrogens with one attached hydrogen (secondary N) is 1. The molecular weight excluding hydrogens is 278 g/mol. The lowest BCUT2D eigenvalue weighted by Gasteiger charge is -2.11. The quantitative estimate of drug-likeness (QED) is 0.644. The summed E-state index contributed by atoms with van der Waals surface area (Å²) in [6.45, 7) is 1.96. The topological polar surface area (TPSA) is 68.9 Å². The van der Waals surface area contributed by atoms with Crippen molar-refractivity contribution >= 4 is 17.6 Å². The molecule has 0 aliphatic carbocycles. The van der Waals surface area contributed by atoms with Crippen LogP contribution in [0.15, 0.2) is 23.2 Å². The molecule has 0 bridgehead atoms. The van der Waals surface area contributed by atoms with E-state index in [9.17, 15) is 0 Å². The number of nitrogens with zero attached hydrogens (tertiary/aromatic N) is 1. The number of aliphatic imine (C=N–C) groups is 1. The van der Waals surface area contributed by atoms with E-state index in [0.717, 1.165) is 30.8 Å². The van der Waals surface area contributed by atoms with E-state index in [2.05, 4.69) is 10.3 Å². The summed E-state index contributed by atoms with van der Waals surface area (Å²) < 4.78 is 10.8. The fourth-order valence-corrected chi connectivity index (χ4v) is 2.32. The second kappa shape index (κ2) is 7.36. The van der Waals surface area contributed by atoms with E-state index in [-0.39, 0.29) is 6.10 Å². The first-order chi connectivity index (χ1) is 9.69. The van der Waals surface area contributed by atoms with Crippen molar-refractivity contribution in [2.24, 2.45) is 10.7 Å². The third kappa shape index (κ3) is 4.28. The van der Waals surface area contributed by atoms with Gasteiger partial charge in [0.25, 0.3) is 0 Å². The molecule has 1 aliphatic rings. The Kier molecular flexibility index (Phi) is 5.49. The van der Waals surface area contributed by atoms with Crippen molar-refractivity contribution in [3.63, 3.8) is 0 Å². The summed E-state index contributed by atoms with van der Waals surface area (Å²) in [5, 5.41) is 3.73. The van der Waals surface area contributed by atoms with Gasteiger partial charge in [-0.05, 0) is 31.0 Å². The van der Waals surface area contributed by atoms with Crippen LogP contribution in [0.2, 0.25) is 5.02 Å². The molecule has 5 nitrogen and oxygen atoms in total. The lowest BCUT2D eigenvalue weighted by molar-refractivity contribution is 0.114. The van der Waals surface area contributed by atoms with Gasteiger partial charge in [0.2, 0.25) is 0 Å². The van der Waals surface area contributed by atoms with Crippen LogP contribution in [-0.4, -0.2) is 32.3 Å². The monoisotopic (exact) mass is 297 g/mol. The number of ether oxygens (including phenoxy) is 2. The first-order valence-electron chi connectivity index (χ1n) is 6.67. The van der Waals surface area contributed by atoms with Crippen molar-refractivity contribution in [3.05, 3.63) is 28.8 Å². The molecule has 1 fully saturated rings. The Morgan fingerprint density at radius 2 is 2.45 bits per heavy atom. The minimum absolute atomic E-state index is 0.240. The number of rotatable bonds is 5. The third-order valence-electron chi connectivity index (χ3n) is 3.20. The fourth-order valence-electron chi connectivity index (χ4n) is 2.12. The maximum Gasteiger partial charge on any atom is 0.189 e. The average Bonchev–Trinajstić information content (AvgIpc) is 2.96. The molecule has 0 amide bonds. The second-order valence-corrected chi connectivity index (χ2v) is 5.11. The highest BCUT2D eigenvalue weighted by Crippen LogP contribution is 2.23. The van der Waals surface area contributed by atoms with E-state index in [4.69, 9.17) is 26.8 Å². The summed E-state index contributed by atoms with van der Waals surface area (Å²) in [6, 6.07) is 5.44. The summed E-state index contributed by atoms with van der Waals surface area (Å²) >= 11 is 5.97. The Morgan fingerprint density at radius 3 is 3.15 bits per heavy atom. The van der Waals surface area contributed by atoms with E-state index in [0.29, 0.717) is 24.1 Å². The predicted molar refractivity (Wildman–Crippen MR) is 80.3 cm³/mol. The molecule has 1 heterocycles. The molecule has 0 saturated carbocycles. The van der Waals surface area contributed by atoms with Gasteiger partial charge < -0.3 is 20.5 Å². The predicted octanol–water partition coefficient (Wildman–Crippen LogP) is 1.93. The SMILES string of the molecule is COc1ccc(Cl)cc1CN=C(N)NCC1CCCO1. The number of halogens is 1. The maximum absolute atomic E-state index is 5.97. The highest BCUT2D eigenvalue weighted by molar-refractivity contribution is 6.30. The number of benzene rings is 1. The molecular formula is C14H20ClN3O2. The zero-order valence-electron chi connectivity index (χ0n) is 11.6. The van der Waals surface area contributed by atoms with Gasteiger partial charge >= 0.3 is 0 Å². The van der Waals surface area contributed by atoms with Gasteiger partial charge in [0, 0.05) is 23.7 Å². The van der Waals surface area contributed by atoms with Crippen LogP contribution in [0.5, 0.6) is 5.75 Å². The van der Waals surface area contributed by atoms with Crippen LogP contribution < -0.4 is 15.8 Å². The number of hydrogen-bond donors (Lipinski definition) is 2. The van der Waals surface area contributed by atoms with Gasteiger partial charge in [-0.1, -0.05) is 11.6 Å². The molecule has 1 unspecified atom stereocenters. The van der Waals surface area contributed by atoms with Crippen molar-refractivity contribution in [1.29, 1.82) is 0 Å². The van der Waals surface area contributed by atoms with Gasteiger partial charge in [-0.2, -0.15) is 0 Å². The smallest absolute Gasteiger partial charge is 0.189 e. The lowest BCUT2D eigenvalue weighted by atomic mass is 10.2. The van der Waals surface area contributed by atoms with Gasteiger partial charge in [0.05, 0.1) is 19.8 Å². The van der Waals surface area contributed by atoms with Crippen LogP contribution in [0.4, 0.5) is 0 Å². The summed E-state index contributed by atoms with van der Waals surface area (Å²) in [7, 11) is 1.62. The van der Waals surface area contributed by atoms with Gasteiger partial charge in [-0.15, -0.1) is 0 Å². The van der Waals surface area contributed by atoms with Crippen LogP contribution >= 0.6 is 11.6 Å². The van der Waals surface area contributed by atoms with Crippen LogP contribution in [-0.2, 0) is 11.3 Å². The molecule has 1 aromatic carbocycles. The van der Waals surface area contributed by atoms with Gasteiger partial charge in [-0.3, -0.25) is 0 Å². The third-order valence-corrected chi connectivity index (χ3v) is 3.43. The molecule has 1 aromatic rings. The molecule has 0 radical (unpaired) electrons. The van der Waals surface area contributed by atoms with Crippen LogP contribution in [0, 0.1) is 0 Å². The first kappa shape index (κ1) is 14.9. The minimum atomic E-state index is 0.240. The molecule has 0 aromatic heterocycles. The highest BCUT2D eigenvalue weighted by Gasteiger charge is 2.14. The molecule has 3 N–H and O–H groups in total. The number of hydrogen-bond acceptors (Lipinski definition) is 3. The van der Waals surface area contributed by atoms with E-state index in [1.807, 2.05) is 12.1 Å². The summed E-state index contributed by atoms with van der Waals surface area (Å²) in [5.74, 6) is 1.16. The van der Waals surface area contributed by atoms with Gasteiger partial charge in [0.1, 0.15) is 5.75 Å². The van der Waals surface area contributed by atoms with Gasteiger partial charge in [-0.25, -0.2) is 4.99 Å². The maximum atomic E-state index is 5.97. The molecule has 6 heteroatoms. The van der Waals surface area contributed by atoms with Crippen molar-refractivity contribution in [2.45, 2.75) is 25.5 Å². The normalized spacial score (nSPS) is 19.1. The number of nitrogens with two attached hydrogens (primary N) is 1. The zero-order chi connectivity index (χ0) is 14.4. The Bertz CT molecular complexity index is 473. The molecule has 20 heavy (non-hydrogen) atoms. The zero-order valence-corrected chi connectivity index (χ0v) is 12.3. The van der Waals surface area contributed by atoms with Crippen molar-refractivity contribution in [1.82, 2.24) is 5.32 Å². The number of methoxy groups -OCH3 is 1. The van der Waals surface area contributed by atoms with E-state index >= 15 is 0 Å². The van der Waals surface area contributed by atoms with E-state index in [1.54, 1.807) is 13.2 Å². The van der Waals surface area contributed by atoms with Crippen molar-refractivity contribution < 1.29 is 9.47 Å². The molecule has 1 atom stereocenters. The standard InChI is InChI=1S/C14H20ClN3O2/c1-19-13-5-4-11(15)7-10(13)8-17-14(16)18-9-12-3-2-6-20-12/h4-5,7,12H,2-3,6,8-9H2,1H3,(H3,16,17,18). The van der Waals surface area contributed by atoms with Crippen LogP contribution in [0.1, 0.15) is 18.4 Å². The van der Waals surface area contributed by atoms with E-state index in [1.165, 1.54) is 0 Å². The van der Waals surface area contributed by atoms with Crippen LogP contribution in [0.25, 0.3) is 0 Å². The van der Waals surface area contributed by atoms with E-state index < -0.39 is 0 Å². The van der Waals surface area contributed by atoms with Crippen LogP contribution in [0.3, 0.4) is 0 Å². The Morgan fingerprint density at radius 1 is 1.60 bits per heavy atom. The fraction of sp³-hybridized carbons (Fsp3) is 0.500. The molecule has 1 aliphatic heterocycles. The largest absolute Gasteiger partial charge is 0.496 e. The minimum Gasteiger partial charge on any atom is -0.496 e. The molecule has 2 rings (SSSR count). The Labute approximate surface area is 124 Å². The summed E-state index contributed by atoms with van der Waals surface area (Å²) in [4.78, 5) is 4.29. The molecule has 1 saturated heterocycles.